The largest absolute Gasteiger partial charge is 0.378 e. The van der Waals surface area contributed by atoms with E-state index in [-0.39, 0.29) is 17.9 Å². The minimum Gasteiger partial charge on any atom is -0.378 e. The van der Waals surface area contributed by atoms with Crippen LogP contribution in [0.15, 0.2) is 48.5 Å². The zero-order valence-electron chi connectivity index (χ0n) is 18.0. The van der Waals surface area contributed by atoms with Gasteiger partial charge in [0.15, 0.2) is 6.10 Å². The average molecular weight is 408 g/mol. The summed E-state index contributed by atoms with van der Waals surface area (Å²) in [4.78, 5) is 36.0. The van der Waals surface area contributed by atoms with Crippen LogP contribution in [0.25, 0.3) is 0 Å². The van der Waals surface area contributed by atoms with Gasteiger partial charge in [0.05, 0.1) is 11.7 Å². The van der Waals surface area contributed by atoms with Crippen molar-refractivity contribution in [3.8, 4) is 0 Å². The number of hydroxylamine groups is 1. The summed E-state index contributed by atoms with van der Waals surface area (Å²) in [6.07, 6.45) is 0.964. The molecule has 6 heteroatoms. The summed E-state index contributed by atoms with van der Waals surface area (Å²) < 4.78 is 0. The number of nitrogens with zero attached hydrogens (tertiary/aromatic N) is 3. The molecule has 2 aliphatic rings. The van der Waals surface area contributed by atoms with Crippen LogP contribution in [0.1, 0.15) is 36.9 Å². The number of hydrogen-bond donors (Lipinski definition) is 0. The van der Waals surface area contributed by atoms with Crippen molar-refractivity contribution in [1.82, 2.24) is 4.90 Å². The summed E-state index contributed by atoms with van der Waals surface area (Å²) >= 11 is 0. The fraction of sp³-hybridized carbons (Fsp3) is 0.417. The first kappa shape index (κ1) is 20.4. The monoisotopic (exact) mass is 407 g/mol. The number of imide groups is 1. The zero-order chi connectivity index (χ0) is 21.4. The molecule has 0 unspecified atom stereocenters. The molecule has 2 aliphatic heterocycles. The topological polar surface area (TPSA) is 53.1 Å². The lowest BCUT2D eigenvalue weighted by molar-refractivity contribution is -0.143. The molecular weight excluding hydrogens is 378 g/mol. The molecule has 0 spiro atoms. The fourth-order valence-corrected chi connectivity index (χ4v) is 4.34. The first-order valence-corrected chi connectivity index (χ1v) is 10.6. The lowest BCUT2D eigenvalue weighted by atomic mass is 9.90. The normalized spacial score (nSPS) is 23.3. The van der Waals surface area contributed by atoms with Gasteiger partial charge in [0.2, 0.25) is 5.91 Å². The van der Waals surface area contributed by atoms with Crippen molar-refractivity contribution in [3.05, 3.63) is 59.7 Å². The minimum atomic E-state index is -0.771. The van der Waals surface area contributed by atoms with E-state index in [0.29, 0.717) is 6.54 Å². The number of para-hydroxylation sites is 1. The smallest absolute Gasteiger partial charge is 0.261 e. The predicted octanol–water partition coefficient (Wildman–Crippen LogP) is 3.71. The molecule has 2 saturated heterocycles. The molecule has 2 amide bonds. The Hall–Kier alpha value is -2.86. The van der Waals surface area contributed by atoms with Crippen LogP contribution in [-0.4, -0.2) is 43.5 Å². The second-order valence-electron chi connectivity index (χ2n) is 8.28. The van der Waals surface area contributed by atoms with Gasteiger partial charge in [-0.3, -0.25) is 19.3 Å². The SMILES string of the molecule is CCCCN1C(=O)[C@@H]2[C@H](ON(c3ccccc3C)[C@@H]2c2ccc(N(C)C)cc2)C1=O. The standard InChI is InChI=1S/C24H29N3O3/c1-5-6-15-26-23(28)20-21(17-11-13-18(14-12-17)25(3)4)27(30-22(20)24(26)29)19-10-8-7-9-16(19)2/h7-14,20-22H,5-6,15H2,1-4H3/t20-,21+,22-/m0/s1. The van der Waals surface area contributed by atoms with Crippen molar-refractivity contribution in [1.29, 1.82) is 0 Å². The number of anilines is 2. The number of benzene rings is 2. The molecule has 0 aliphatic carbocycles. The van der Waals surface area contributed by atoms with Crippen LogP contribution >= 0.6 is 0 Å². The van der Waals surface area contributed by atoms with E-state index in [2.05, 4.69) is 6.92 Å². The number of fused-ring (bicyclic) bond motifs is 1. The highest BCUT2D eigenvalue weighted by Gasteiger charge is 2.59. The summed E-state index contributed by atoms with van der Waals surface area (Å²) in [6.45, 7) is 4.52. The van der Waals surface area contributed by atoms with Gasteiger partial charge in [0.25, 0.3) is 5.91 Å². The van der Waals surface area contributed by atoms with Crippen LogP contribution in [0.5, 0.6) is 0 Å². The van der Waals surface area contributed by atoms with Crippen LogP contribution in [-0.2, 0) is 14.4 Å². The summed E-state index contributed by atoms with van der Waals surface area (Å²) in [7, 11) is 3.99. The molecule has 0 aromatic heterocycles. The van der Waals surface area contributed by atoms with Gasteiger partial charge in [-0.15, -0.1) is 0 Å². The summed E-state index contributed by atoms with van der Waals surface area (Å²) in [6, 6.07) is 15.7. The van der Waals surface area contributed by atoms with Gasteiger partial charge in [-0.2, -0.15) is 0 Å². The Bertz CT molecular complexity index is 941. The number of carbonyl (C=O) groups excluding carboxylic acids is 2. The Morgan fingerprint density at radius 3 is 2.33 bits per heavy atom. The lowest BCUT2D eigenvalue weighted by Crippen LogP contribution is -2.38. The Labute approximate surface area is 178 Å². The number of amides is 2. The van der Waals surface area contributed by atoms with Gasteiger partial charge >= 0.3 is 0 Å². The maximum atomic E-state index is 13.3. The van der Waals surface area contributed by atoms with Gasteiger partial charge in [0.1, 0.15) is 5.92 Å². The first-order chi connectivity index (χ1) is 14.4. The van der Waals surface area contributed by atoms with Gasteiger partial charge in [0, 0.05) is 26.3 Å². The molecule has 158 valence electrons. The van der Waals surface area contributed by atoms with E-state index in [1.165, 1.54) is 4.90 Å². The van der Waals surface area contributed by atoms with E-state index in [0.717, 1.165) is 35.3 Å². The van der Waals surface area contributed by atoms with Crippen molar-refractivity contribution < 1.29 is 14.4 Å². The molecule has 2 fully saturated rings. The highest BCUT2D eigenvalue weighted by atomic mass is 16.7. The van der Waals surface area contributed by atoms with Crippen molar-refractivity contribution in [2.24, 2.45) is 5.92 Å². The molecule has 0 N–H and O–H groups in total. The maximum Gasteiger partial charge on any atom is 0.261 e. The maximum absolute atomic E-state index is 13.3. The number of unbranched alkanes of at least 4 members (excludes halogenated alkanes) is 1. The molecule has 4 rings (SSSR count). The second kappa shape index (κ2) is 8.11. The van der Waals surface area contributed by atoms with Crippen LogP contribution in [0.3, 0.4) is 0 Å². The quantitative estimate of drug-likeness (QED) is 0.684. The van der Waals surface area contributed by atoms with E-state index in [1.54, 1.807) is 5.06 Å². The van der Waals surface area contributed by atoms with Crippen molar-refractivity contribution in [2.75, 3.05) is 30.6 Å². The number of rotatable bonds is 6. The average Bonchev–Trinajstić information content (AvgIpc) is 3.23. The highest BCUT2D eigenvalue weighted by Crippen LogP contribution is 2.47. The third kappa shape index (κ3) is 3.35. The van der Waals surface area contributed by atoms with Crippen LogP contribution < -0.4 is 9.96 Å². The molecule has 6 nitrogen and oxygen atoms in total. The van der Waals surface area contributed by atoms with Crippen molar-refractivity contribution in [3.63, 3.8) is 0 Å². The molecule has 30 heavy (non-hydrogen) atoms. The first-order valence-electron chi connectivity index (χ1n) is 10.6. The summed E-state index contributed by atoms with van der Waals surface area (Å²) in [5.41, 5.74) is 3.97. The lowest BCUT2D eigenvalue weighted by Gasteiger charge is -2.30. The van der Waals surface area contributed by atoms with E-state index >= 15 is 0 Å². The van der Waals surface area contributed by atoms with Gasteiger partial charge in [-0.25, -0.2) is 5.06 Å². The van der Waals surface area contributed by atoms with Crippen LogP contribution in [0, 0.1) is 12.8 Å². The molecule has 0 bridgehead atoms. The number of carbonyl (C=O) groups is 2. The Morgan fingerprint density at radius 1 is 1.00 bits per heavy atom. The van der Waals surface area contributed by atoms with E-state index < -0.39 is 12.0 Å². The molecule has 0 radical (unpaired) electrons. The second-order valence-corrected chi connectivity index (χ2v) is 8.28. The number of hydrogen-bond acceptors (Lipinski definition) is 5. The van der Waals surface area contributed by atoms with E-state index in [9.17, 15) is 9.59 Å². The van der Waals surface area contributed by atoms with Gasteiger partial charge in [-0.1, -0.05) is 43.7 Å². The van der Waals surface area contributed by atoms with E-state index in [1.807, 2.05) is 74.4 Å². The van der Waals surface area contributed by atoms with E-state index in [4.69, 9.17) is 4.84 Å². The predicted molar refractivity (Wildman–Crippen MR) is 117 cm³/mol. The molecule has 2 heterocycles. The molecular formula is C24H29N3O3. The number of aryl methyl sites for hydroxylation is 1. The minimum absolute atomic E-state index is 0.128. The summed E-state index contributed by atoms with van der Waals surface area (Å²) in [5.74, 6) is -0.889. The Kier molecular flexibility index (Phi) is 5.52. The van der Waals surface area contributed by atoms with Crippen LogP contribution in [0.4, 0.5) is 11.4 Å². The van der Waals surface area contributed by atoms with Crippen molar-refractivity contribution >= 4 is 23.2 Å². The molecule has 3 atom stereocenters. The molecule has 0 saturated carbocycles. The highest BCUT2D eigenvalue weighted by molar-refractivity contribution is 6.07. The third-order valence-corrected chi connectivity index (χ3v) is 6.05. The van der Waals surface area contributed by atoms with Gasteiger partial charge < -0.3 is 4.90 Å². The Morgan fingerprint density at radius 2 is 1.70 bits per heavy atom. The fourth-order valence-electron chi connectivity index (χ4n) is 4.34. The van der Waals surface area contributed by atoms with Gasteiger partial charge in [-0.05, 0) is 42.7 Å². The van der Waals surface area contributed by atoms with Crippen molar-refractivity contribution in [2.45, 2.75) is 38.8 Å². The number of likely N-dealkylation sites (tertiary alicyclic amines) is 1. The molecule has 2 aromatic carbocycles. The molecule has 2 aromatic rings. The zero-order valence-corrected chi connectivity index (χ0v) is 18.0. The summed E-state index contributed by atoms with van der Waals surface area (Å²) in [5, 5.41) is 1.78. The Balaban J connectivity index is 1.75. The van der Waals surface area contributed by atoms with Crippen LogP contribution in [0.2, 0.25) is 0 Å². The third-order valence-electron chi connectivity index (χ3n) is 6.05.